The number of fused-ring (bicyclic) bond motifs is 4. The minimum atomic E-state index is -0.174. The molecule has 2 atom stereocenters. The van der Waals surface area contributed by atoms with E-state index in [1.807, 2.05) is 12.2 Å². The van der Waals surface area contributed by atoms with Gasteiger partial charge in [0.15, 0.2) is 0 Å². The average Bonchev–Trinajstić information content (AvgIpc) is 2.64. The van der Waals surface area contributed by atoms with Gasteiger partial charge in [0.25, 0.3) is 11.8 Å². The molecule has 2 amide bonds. The van der Waals surface area contributed by atoms with E-state index in [2.05, 4.69) is 5.32 Å². The quantitative estimate of drug-likeness (QED) is 0.406. The second kappa shape index (κ2) is 1.68. The lowest BCUT2D eigenvalue weighted by molar-refractivity contribution is -0.124. The molecular formula is C9H7NO2. The zero-order valence-electron chi connectivity index (χ0n) is 6.33. The van der Waals surface area contributed by atoms with Crippen molar-refractivity contribution in [2.75, 3.05) is 0 Å². The monoisotopic (exact) mass is 161 g/mol. The molecule has 0 radical (unpaired) electrons. The molecule has 3 rings (SSSR count). The summed E-state index contributed by atoms with van der Waals surface area (Å²) in [7, 11) is 0. The van der Waals surface area contributed by atoms with Crippen molar-refractivity contribution < 1.29 is 9.59 Å². The Balaban J connectivity index is 2.20. The summed E-state index contributed by atoms with van der Waals surface area (Å²) in [5, 5.41) is 2.33. The van der Waals surface area contributed by atoms with E-state index in [1.54, 1.807) is 0 Å². The Morgan fingerprint density at radius 1 is 1.08 bits per heavy atom. The fourth-order valence-electron chi connectivity index (χ4n) is 2.35. The minimum absolute atomic E-state index is 0.174. The van der Waals surface area contributed by atoms with Gasteiger partial charge in [-0.15, -0.1) is 0 Å². The van der Waals surface area contributed by atoms with Crippen molar-refractivity contribution in [1.29, 1.82) is 0 Å². The van der Waals surface area contributed by atoms with Gasteiger partial charge in [-0.2, -0.15) is 0 Å². The first-order valence-corrected chi connectivity index (χ1v) is 4.05. The number of carbonyl (C=O) groups excluding carboxylic acids is 2. The van der Waals surface area contributed by atoms with Gasteiger partial charge in [-0.25, -0.2) is 0 Å². The first-order chi connectivity index (χ1) is 5.77. The van der Waals surface area contributed by atoms with Crippen LogP contribution in [0.15, 0.2) is 23.3 Å². The van der Waals surface area contributed by atoms with Crippen molar-refractivity contribution in [3.63, 3.8) is 0 Å². The first-order valence-electron chi connectivity index (χ1n) is 4.05. The van der Waals surface area contributed by atoms with Crippen LogP contribution in [0.5, 0.6) is 0 Å². The highest BCUT2D eigenvalue weighted by atomic mass is 16.2. The topological polar surface area (TPSA) is 46.2 Å². The second-order valence-corrected chi connectivity index (χ2v) is 3.44. The van der Waals surface area contributed by atoms with Gasteiger partial charge in [0.1, 0.15) is 0 Å². The molecule has 2 aliphatic carbocycles. The molecule has 0 saturated heterocycles. The van der Waals surface area contributed by atoms with Gasteiger partial charge < -0.3 is 0 Å². The lowest BCUT2D eigenvalue weighted by Crippen LogP contribution is -2.26. The predicted octanol–water partition coefficient (Wildman–Crippen LogP) is 0.145. The van der Waals surface area contributed by atoms with Crippen molar-refractivity contribution in [1.82, 2.24) is 5.32 Å². The standard InChI is InChI=1S/C9H7NO2/c11-8-6-4-1-2-5(3-4)7(6)9(12)10-8/h1-2,4-5H,3H2,(H,10,11,12). The Morgan fingerprint density at radius 2 is 1.58 bits per heavy atom. The van der Waals surface area contributed by atoms with Gasteiger partial charge in [-0.3, -0.25) is 14.9 Å². The molecule has 1 heterocycles. The van der Waals surface area contributed by atoms with Gasteiger partial charge >= 0.3 is 0 Å². The van der Waals surface area contributed by atoms with E-state index in [1.165, 1.54) is 0 Å². The van der Waals surface area contributed by atoms with Gasteiger partial charge in [0.05, 0.1) is 0 Å². The van der Waals surface area contributed by atoms with Gasteiger partial charge in [-0.1, -0.05) is 12.2 Å². The third kappa shape index (κ3) is 0.501. The van der Waals surface area contributed by atoms with E-state index >= 15 is 0 Å². The zero-order chi connectivity index (χ0) is 8.29. The van der Waals surface area contributed by atoms with Crippen LogP contribution in [0.4, 0.5) is 0 Å². The van der Waals surface area contributed by atoms with Gasteiger partial charge in [0, 0.05) is 23.0 Å². The summed E-state index contributed by atoms with van der Waals surface area (Å²) in [4.78, 5) is 22.5. The fraction of sp³-hybridized carbons (Fsp3) is 0.333. The number of hydrogen-bond acceptors (Lipinski definition) is 2. The number of nitrogens with one attached hydrogen (secondary N) is 1. The summed E-state index contributed by atoms with van der Waals surface area (Å²) in [6.07, 6.45) is 4.99. The molecule has 0 spiro atoms. The number of amides is 2. The maximum Gasteiger partial charge on any atom is 0.255 e. The van der Waals surface area contributed by atoms with Gasteiger partial charge in [-0.05, 0) is 6.42 Å². The average molecular weight is 161 g/mol. The highest BCUT2D eigenvalue weighted by molar-refractivity contribution is 6.21. The van der Waals surface area contributed by atoms with E-state index < -0.39 is 0 Å². The summed E-state index contributed by atoms with van der Waals surface area (Å²) in [5.74, 6) is 0.0894. The number of allylic oxidation sites excluding steroid dienone is 2. The zero-order valence-corrected chi connectivity index (χ0v) is 6.33. The molecule has 2 bridgehead atoms. The highest BCUT2D eigenvalue weighted by Gasteiger charge is 2.45. The molecular weight excluding hydrogens is 154 g/mol. The van der Waals surface area contributed by atoms with Crippen LogP contribution in [0, 0.1) is 11.8 Å². The smallest absolute Gasteiger partial charge is 0.255 e. The van der Waals surface area contributed by atoms with Crippen molar-refractivity contribution in [3.05, 3.63) is 23.3 Å². The molecule has 2 unspecified atom stereocenters. The summed E-state index contributed by atoms with van der Waals surface area (Å²) < 4.78 is 0. The minimum Gasteiger partial charge on any atom is -0.289 e. The number of imide groups is 1. The largest absolute Gasteiger partial charge is 0.289 e. The lowest BCUT2D eigenvalue weighted by atomic mass is 9.99. The molecule has 12 heavy (non-hydrogen) atoms. The van der Waals surface area contributed by atoms with Crippen LogP contribution in [0.2, 0.25) is 0 Å². The van der Waals surface area contributed by atoms with Crippen LogP contribution >= 0.6 is 0 Å². The molecule has 0 saturated carbocycles. The number of hydrogen-bond donors (Lipinski definition) is 1. The predicted molar refractivity (Wildman–Crippen MR) is 40.9 cm³/mol. The van der Waals surface area contributed by atoms with E-state index in [9.17, 15) is 9.59 Å². The van der Waals surface area contributed by atoms with Crippen molar-refractivity contribution >= 4 is 11.8 Å². The Morgan fingerprint density at radius 3 is 2.08 bits per heavy atom. The van der Waals surface area contributed by atoms with Crippen molar-refractivity contribution in [3.8, 4) is 0 Å². The number of rotatable bonds is 0. The molecule has 0 aromatic rings. The summed E-state index contributed by atoms with van der Waals surface area (Å²) >= 11 is 0. The van der Waals surface area contributed by atoms with E-state index in [0.717, 1.165) is 17.6 Å². The van der Waals surface area contributed by atoms with Crippen LogP contribution in [-0.4, -0.2) is 11.8 Å². The summed E-state index contributed by atoms with van der Waals surface area (Å²) in [5.41, 5.74) is 1.46. The van der Waals surface area contributed by atoms with Crippen LogP contribution in [0.25, 0.3) is 0 Å². The molecule has 1 N–H and O–H groups in total. The molecule has 3 heteroatoms. The normalized spacial score (nSPS) is 36.3. The Bertz CT molecular complexity index is 333. The van der Waals surface area contributed by atoms with Crippen LogP contribution in [-0.2, 0) is 9.59 Å². The Labute approximate surface area is 69.1 Å². The van der Waals surface area contributed by atoms with Crippen molar-refractivity contribution in [2.24, 2.45) is 11.8 Å². The number of carbonyl (C=O) groups is 2. The van der Waals surface area contributed by atoms with Gasteiger partial charge in [0.2, 0.25) is 0 Å². The first kappa shape index (κ1) is 6.17. The van der Waals surface area contributed by atoms with E-state index in [4.69, 9.17) is 0 Å². The maximum absolute atomic E-state index is 11.2. The van der Waals surface area contributed by atoms with Crippen LogP contribution in [0.3, 0.4) is 0 Å². The van der Waals surface area contributed by atoms with Crippen LogP contribution < -0.4 is 5.32 Å². The molecule has 1 aliphatic heterocycles. The molecule has 0 aromatic carbocycles. The third-order valence-corrected chi connectivity index (χ3v) is 2.83. The second-order valence-electron chi connectivity index (χ2n) is 3.44. The molecule has 3 nitrogen and oxygen atoms in total. The summed E-state index contributed by atoms with van der Waals surface area (Å²) in [6, 6.07) is 0. The van der Waals surface area contributed by atoms with Crippen molar-refractivity contribution in [2.45, 2.75) is 6.42 Å². The Kier molecular flexibility index (Phi) is 0.865. The fourth-order valence-corrected chi connectivity index (χ4v) is 2.35. The van der Waals surface area contributed by atoms with Crippen LogP contribution in [0.1, 0.15) is 6.42 Å². The molecule has 60 valence electrons. The summed E-state index contributed by atoms with van der Waals surface area (Å²) in [6.45, 7) is 0. The van der Waals surface area contributed by atoms with E-state index in [-0.39, 0.29) is 23.7 Å². The maximum atomic E-state index is 11.2. The lowest BCUT2D eigenvalue weighted by Gasteiger charge is -2.02. The Hall–Kier alpha value is -1.38. The van der Waals surface area contributed by atoms with E-state index in [0.29, 0.717) is 0 Å². The molecule has 3 aliphatic rings. The third-order valence-electron chi connectivity index (χ3n) is 2.83. The SMILES string of the molecule is O=C1NC(=O)C2=C1C1C=CC2C1. The molecule has 0 aromatic heterocycles. The highest BCUT2D eigenvalue weighted by Crippen LogP contribution is 2.45. The molecule has 0 fully saturated rings.